The third-order valence-electron chi connectivity index (χ3n) is 4.21. The molecule has 0 saturated heterocycles. The molecule has 2 atom stereocenters. The highest BCUT2D eigenvalue weighted by molar-refractivity contribution is 9.10. The van der Waals surface area contributed by atoms with Crippen molar-refractivity contribution >= 4 is 27.5 Å². The number of carbonyl (C=O) groups excluding carboxylic acids is 1. The second kappa shape index (κ2) is 5.30. The van der Waals surface area contributed by atoms with Gasteiger partial charge in [-0.2, -0.15) is 28.4 Å². The van der Waals surface area contributed by atoms with E-state index in [1.807, 2.05) is 0 Å². The van der Waals surface area contributed by atoms with Gasteiger partial charge in [-0.3, -0.25) is 9.48 Å². The molecule has 1 saturated carbocycles. The van der Waals surface area contributed by atoms with Crippen LogP contribution in [0.3, 0.4) is 0 Å². The third kappa shape index (κ3) is 2.38. The van der Waals surface area contributed by atoms with Gasteiger partial charge in [0.05, 0.1) is 10.4 Å². The second-order valence-electron chi connectivity index (χ2n) is 5.73. The van der Waals surface area contributed by atoms with Gasteiger partial charge in [0.15, 0.2) is 5.69 Å². The zero-order chi connectivity index (χ0) is 17.0. The molecule has 6 nitrogen and oxygen atoms in total. The highest BCUT2D eigenvalue weighted by Crippen LogP contribution is 2.48. The van der Waals surface area contributed by atoms with Crippen LogP contribution < -0.4 is 0 Å². The average molecular weight is 395 g/mol. The quantitative estimate of drug-likeness (QED) is 0.794. The lowest BCUT2D eigenvalue weighted by molar-refractivity contribution is -0.312. The van der Waals surface area contributed by atoms with Crippen LogP contribution in [-0.4, -0.2) is 43.4 Å². The van der Waals surface area contributed by atoms with Crippen LogP contribution in [0.5, 0.6) is 0 Å². The lowest BCUT2D eigenvalue weighted by atomic mass is 9.80. The maximum atomic E-state index is 13.6. The van der Waals surface area contributed by atoms with Crippen LogP contribution in [0.25, 0.3) is 0 Å². The molecule has 1 fully saturated rings. The molecule has 2 heterocycles. The van der Waals surface area contributed by atoms with Gasteiger partial charge in [0, 0.05) is 19.0 Å². The normalized spacial score (nSPS) is 27.8. The van der Waals surface area contributed by atoms with E-state index >= 15 is 0 Å². The monoisotopic (exact) mass is 394 g/mol. The molecule has 1 aliphatic carbocycles. The second-order valence-corrected chi connectivity index (χ2v) is 6.58. The molecule has 1 amide bonds. The standard InChI is InChI=1S/C13H14BrF3N4O2/c1-20-6-8(14)10(19-20)11(22)21-12(23,13(15,16)17)7-4-2-3-5-9(7)18-21/h6-7,23H,2-5H2,1H3/t7-,12-/m0/s1. The van der Waals surface area contributed by atoms with Crippen molar-refractivity contribution in [1.29, 1.82) is 0 Å². The Hall–Kier alpha value is -1.42. The fraction of sp³-hybridized carbons (Fsp3) is 0.615. The molecule has 0 spiro atoms. The first-order valence-corrected chi connectivity index (χ1v) is 7.85. The molecular weight excluding hydrogens is 381 g/mol. The molecule has 0 radical (unpaired) electrons. The van der Waals surface area contributed by atoms with Crippen LogP contribution in [0.2, 0.25) is 0 Å². The number of hydrazone groups is 1. The summed E-state index contributed by atoms with van der Waals surface area (Å²) in [6.45, 7) is 0. The fourth-order valence-electron chi connectivity index (χ4n) is 3.12. The van der Waals surface area contributed by atoms with Gasteiger partial charge in [0.1, 0.15) is 0 Å². The van der Waals surface area contributed by atoms with Gasteiger partial charge in [-0.1, -0.05) is 6.42 Å². The Kier molecular flexibility index (Phi) is 3.79. The summed E-state index contributed by atoms with van der Waals surface area (Å²) in [7, 11) is 1.53. The van der Waals surface area contributed by atoms with E-state index in [0.29, 0.717) is 19.3 Å². The maximum absolute atomic E-state index is 13.6. The summed E-state index contributed by atoms with van der Waals surface area (Å²) in [6.07, 6.45) is -1.85. The van der Waals surface area contributed by atoms with E-state index in [2.05, 4.69) is 26.1 Å². The van der Waals surface area contributed by atoms with E-state index < -0.39 is 23.7 Å². The number of alkyl halides is 3. The van der Waals surface area contributed by atoms with Crippen molar-refractivity contribution in [2.75, 3.05) is 0 Å². The molecular formula is C13H14BrF3N4O2. The Balaban J connectivity index is 2.06. The molecule has 0 unspecified atom stereocenters. The van der Waals surface area contributed by atoms with Crippen LogP contribution in [0.1, 0.15) is 36.2 Å². The first-order valence-electron chi connectivity index (χ1n) is 7.06. The number of fused-ring (bicyclic) bond motifs is 1. The summed E-state index contributed by atoms with van der Waals surface area (Å²) < 4.78 is 42.3. The Labute approximate surface area is 138 Å². The minimum absolute atomic E-state index is 0.141. The minimum Gasteiger partial charge on any atom is -0.362 e. The number of hydrogen-bond acceptors (Lipinski definition) is 4. The third-order valence-corrected chi connectivity index (χ3v) is 4.79. The highest BCUT2D eigenvalue weighted by atomic mass is 79.9. The van der Waals surface area contributed by atoms with E-state index in [4.69, 9.17) is 0 Å². The SMILES string of the molecule is Cn1cc(Br)c(C(=O)N2N=C3CCCC[C@@H]3[C@]2(O)C(F)(F)F)n1. The van der Waals surface area contributed by atoms with E-state index in [0.717, 1.165) is 0 Å². The number of aliphatic hydroxyl groups is 1. The first-order chi connectivity index (χ1) is 10.7. The predicted octanol–water partition coefficient (Wildman–Crippen LogP) is 2.44. The number of rotatable bonds is 1. The van der Waals surface area contributed by atoms with Crippen LogP contribution in [0.15, 0.2) is 15.8 Å². The average Bonchev–Trinajstić information content (AvgIpc) is 2.96. The molecule has 126 valence electrons. The Morgan fingerprint density at radius 2 is 2.17 bits per heavy atom. The first kappa shape index (κ1) is 16.4. The van der Waals surface area contributed by atoms with Gasteiger partial charge in [0.25, 0.3) is 11.6 Å². The minimum atomic E-state index is -5.02. The fourth-order valence-corrected chi connectivity index (χ4v) is 3.67. The van der Waals surface area contributed by atoms with Crippen molar-refractivity contribution in [3.8, 4) is 0 Å². The number of hydrogen-bond donors (Lipinski definition) is 1. The Morgan fingerprint density at radius 3 is 2.74 bits per heavy atom. The molecule has 0 bridgehead atoms. The van der Waals surface area contributed by atoms with Crippen molar-refractivity contribution in [1.82, 2.24) is 14.8 Å². The maximum Gasteiger partial charge on any atom is 0.439 e. The summed E-state index contributed by atoms with van der Waals surface area (Å²) in [6, 6.07) is 0. The molecule has 1 aromatic heterocycles. The zero-order valence-electron chi connectivity index (χ0n) is 12.1. The van der Waals surface area contributed by atoms with E-state index in [-0.39, 0.29) is 27.3 Å². The summed E-state index contributed by atoms with van der Waals surface area (Å²) in [4.78, 5) is 12.5. The number of amides is 1. The van der Waals surface area contributed by atoms with Crippen molar-refractivity contribution in [2.24, 2.45) is 18.1 Å². The van der Waals surface area contributed by atoms with E-state index in [1.54, 1.807) is 0 Å². The highest BCUT2D eigenvalue weighted by Gasteiger charge is 2.68. The number of halogens is 4. The predicted molar refractivity (Wildman–Crippen MR) is 77.5 cm³/mol. The summed E-state index contributed by atoms with van der Waals surface area (Å²) in [5, 5.41) is 18.3. The summed E-state index contributed by atoms with van der Waals surface area (Å²) in [5.74, 6) is -2.30. The molecule has 1 N–H and O–H groups in total. The van der Waals surface area contributed by atoms with Crippen LogP contribution in [-0.2, 0) is 7.05 Å². The number of aromatic nitrogens is 2. The molecule has 1 aliphatic heterocycles. The zero-order valence-corrected chi connectivity index (χ0v) is 13.7. The number of nitrogens with zero attached hydrogens (tertiary/aromatic N) is 4. The van der Waals surface area contributed by atoms with Gasteiger partial charge in [-0.05, 0) is 35.2 Å². The largest absolute Gasteiger partial charge is 0.439 e. The van der Waals surface area contributed by atoms with Crippen LogP contribution in [0.4, 0.5) is 13.2 Å². The Morgan fingerprint density at radius 1 is 1.48 bits per heavy atom. The van der Waals surface area contributed by atoms with E-state index in [1.165, 1.54) is 17.9 Å². The summed E-state index contributed by atoms with van der Waals surface area (Å²) >= 11 is 3.09. The van der Waals surface area contributed by atoms with Crippen molar-refractivity contribution in [2.45, 2.75) is 37.6 Å². The molecule has 3 rings (SSSR count). The molecule has 10 heteroatoms. The lowest BCUT2D eigenvalue weighted by Gasteiger charge is -2.37. The van der Waals surface area contributed by atoms with E-state index in [9.17, 15) is 23.1 Å². The number of carbonyl (C=O) groups is 1. The molecule has 0 aromatic carbocycles. The topological polar surface area (TPSA) is 70.7 Å². The van der Waals surface area contributed by atoms with Gasteiger partial charge >= 0.3 is 6.18 Å². The van der Waals surface area contributed by atoms with Crippen molar-refractivity contribution in [3.05, 3.63) is 16.4 Å². The number of aryl methyl sites for hydroxylation is 1. The van der Waals surface area contributed by atoms with Crippen LogP contribution >= 0.6 is 15.9 Å². The molecule has 23 heavy (non-hydrogen) atoms. The lowest BCUT2D eigenvalue weighted by Crippen LogP contribution is -2.61. The van der Waals surface area contributed by atoms with Crippen LogP contribution in [0, 0.1) is 5.92 Å². The molecule has 2 aliphatic rings. The van der Waals surface area contributed by atoms with Crippen molar-refractivity contribution < 1.29 is 23.1 Å². The smallest absolute Gasteiger partial charge is 0.362 e. The van der Waals surface area contributed by atoms with Gasteiger partial charge < -0.3 is 5.11 Å². The van der Waals surface area contributed by atoms with Gasteiger partial charge in [0.2, 0.25) is 0 Å². The molecule has 1 aromatic rings. The van der Waals surface area contributed by atoms with Crippen molar-refractivity contribution in [3.63, 3.8) is 0 Å². The Bertz CT molecular complexity index is 687. The summed E-state index contributed by atoms with van der Waals surface area (Å²) in [5.41, 5.74) is -3.33. The van der Waals surface area contributed by atoms with Gasteiger partial charge in [-0.15, -0.1) is 0 Å². The van der Waals surface area contributed by atoms with Gasteiger partial charge in [-0.25, -0.2) is 0 Å².